The Labute approximate surface area is 109 Å². The lowest BCUT2D eigenvalue weighted by Crippen LogP contribution is -2.52. The van der Waals surface area contributed by atoms with Gasteiger partial charge in [-0.25, -0.2) is 9.97 Å². The first-order valence-electron chi connectivity index (χ1n) is 6.23. The molecule has 7 heteroatoms. The number of nitrogens with zero attached hydrogens (tertiary/aromatic N) is 3. The Morgan fingerprint density at radius 2 is 2.47 bits per heavy atom. The molecule has 0 spiro atoms. The molecule has 19 heavy (non-hydrogen) atoms. The molecule has 2 aromatic heterocycles. The van der Waals surface area contributed by atoms with E-state index in [4.69, 9.17) is 0 Å². The van der Waals surface area contributed by atoms with Gasteiger partial charge >= 0.3 is 0 Å². The van der Waals surface area contributed by atoms with E-state index < -0.39 is 6.10 Å². The molecule has 0 bridgehead atoms. The van der Waals surface area contributed by atoms with Crippen LogP contribution in [0.2, 0.25) is 0 Å². The van der Waals surface area contributed by atoms with E-state index in [9.17, 15) is 9.90 Å². The maximum Gasteiger partial charge on any atom is 0.271 e. The highest BCUT2D eigenvalue weighted by molar-refractivity contribution is 5.92. The van der Waals surface area contributed by atoms with Crippen molar-refractivity contribution in [1.29, 1.82) is 0 Å². The van der Waals surface area contributed by atoms with E-state index in [0.29, 0.717) is 24.4 Å². The molecular weight excluding hydrogens is 246 g/mol. The van der Waals surface area contributed by atoms with E-state index in [2.05, 4.69) is 20.6 Å². The zero-order valence-corrected chi connectivity index (χ0v) is 10.3. The normalized spacial score (nSPS) is 23.4. The molecule has 2 atom stereocenters. The van der Waals surface area contributed by atoms with Crippen LogP contribution in [-0.4, -0.2) is 50.6 Å². The van der Waals surface area contributed by atoms with Crippen LogP contribution >= 0.6 is 0 Å². The van der Waals surface area contributed by atoms with Gasteiger partial charge in [-0.1, -0.05) is 0 Å². The summed E-state index contributed by atoms with van der Waals surface area (Å²) in [7, 11) is 0. The molecule has 0 saturated carbocycles. The van der Waals surface area contributed by atoms with E-state index in [0.717, 1.165) is 6.54 Å². The topological polar surface area (TPSA) is 91.5 Å². The summed E-state index contributed by atoms with van der Waals surface area (Å²) in [4.78, 5) is 20.3. The SMILES string of the molecule is O=C(N[C@@H]1CCNC[C@H]1O)c1cn2cccnc2n1. The molecule has 3 rings (SSSR count). The van der Waals surface area contributed by atoms with Gasteiger partial charge in [-0.15, -0.1) is 0 Å². The molecule has 1 aliphatic heterocycles. The average molecular weight is 261 g/mol. The molecule has 1 amide bonds. The molecule has 1 saturated heterocycles. The van der Waals surface area contributed by atoms with Crippen molar-refractivity contribution in [3.8, 4) is 0 Å². The Kier molecular flexibility index (Phi) is 3.14. The number of fused-ring (bicyclic) bond motifs is 1. The first-order chi connectivity index (χ1) is 9.24. The van der Waals surface area contributed by atoms with Crippen molar-refractivity contribution in [3.63, 3.8) is 0 Å². The Morgan fingerprint density at radius 1 is 1.58 bits per heavy atom. The van der Waals surface area contributed by atoms with Crippen LogP contribution in [0.25, 0.3) is 5.78 Å². The Bertz CT molecular complexity index is 564. The number of hydrogen-bond acceptors (Lipinski definition) is 5. The fourth-order valence-corrected chi connectivity index (χ4v) is 2.19. The highest BCUT2D eigenvalue weighted by atomic mass is 16.3. The van der Waals surface area contributed by atoms with Crippen LogP contribution in [0.4, 0.5) is 0 Å². The van der Waals surface area contributed by atoms with Crippen LogP contribution in [0.1, 0.15) is 16.9 Å². The smallest absolute Gasteiger partial charge is 0.271 e. The second-order valence-corrected chi connectivity index (χ2v) is 4.59. The lowest BCUT2D eigenvalue weighted by molar-refractivity contribution is 0.0762. The number of aliphatic hydroxyl groups is 1. The molecule has 2 aromatic rings. The van der Waals surface area contributed by atoms with Crippen LogP contribution in [0.5, 0.6) is 0 Å². The molecule has 7 nitrogen and oxygen atoms in total. The minimum atomic E-state index is -0.562. The lowest BCUT2D eigenvalue weighted by Gasteiger charge is -2.28. The minimum Gasteiger partial charge on any atom is -0.390 e. The summed E-state index contributed by atoms with van der Waals surface area (Å²) in [5.74, 6) is 0.204. The minimum absolute atomic E-state index is 0.230. The molecule has 0 aromatic carbocycles. The average Bonchev–Trinajstić information content (AvgIpc) is 2.85. The molecule has 3 heterocycles. The summed E-state index contributed by atoms with van der Waals surface area (Å²) in [6, 6.07) is 1.54. The monoisotopic (exact) mass is 261 g/mol. The van der Waals surface area contributed by atoms with E-state index >= 15 is 0 Å². The molecular formula is C12H15N5O2. The molecule has 0 unspecified atom stereocenters. The quantitative estimate of drug-likeness (QED) is 0.657. The summed E-state index contributed by atoms with van der Waals surface area (Å²) in [5.41, 5.74) is 0.310. The number of piperidine rings is 1. The Balaban J connectivity index is 1.76. The fourth-order valence-electron chi connectivity index (χ4n) is 2.19. The maximum absolute atomic E-state index is 12.1. The van der Waals surface area contributed by atoms with Gasteiger partial charge in [0, 0.05) is 25.1 Å². The number of nitrogens with one attached hydrogen (secondary N) is 2. The summed E-state index contributed by atoms with van der Waals surface area (Å²) in [6.07, 6.45) is 5.18. The summed E-state index contributed by atoms with van der Waals surface area (Å²) < 4.78 is 1.69. The van der Waals surface area contributed by atoms with Gasteiger partial charge in [0.05, 0.1) is 12.1 Å². The Morgan fingerprint density at radius 3 is 3.26 bits per heavy atom. The zero-order chi connectivity index (χ0) is 13.2. The predicted octanol–water partition coefficient (Wildman–Crippen LogP) is -0.818. The first kappa shape index (κ1) is 12.1. The number of hydrogen-bond donors (Lipinski definition) is 3. The number of β-amino-alcohol motifs (C(OH)–C–C–N with tert-alkyl or cyclic N) is 1. The van der Waals surface area contributed by atoms with E-state index in [1.807, 2.05) is 0 Å². The van der Waals surface area contributed by atoms with Gasteiger partial charge in [-0.05, 0) is 19.0 Å². The second-order valence-electron chi connectivity index (χ2n) is 4.59. The van der Waals surface area contributed by atoms with Crippen LogP contribution in [0.3, 0.4) is 0 Å². The van der Waals surface area contributed by atoms with Gasteiger partial charge in [0.1, 0.15) is 5.69 Å². The van der Waals surface area contributed by atoms with Crippen LogP contribution in [0.15, 0.2) is 24.7 Å². The maximum atomic E-state index is 12.1. The van der Waals surface area contributed by atoms with E-state index in [-0.39, 0.29) is 11.9 Å². The number of imidazole rings is 1. The number of carbonyl (C=O) groups excluding carboxylic acids is 1. The summed E-state index contributed by atoms with van der Waals surface area (Å²) >= 11 is 0. The van der Waals surface area contributed by atoms with Crippen molar-refractivity contribution < 1.29 is 9.90 Å². The van der Waals surface area contributed by atoms with E-state index in [1.165, 1.54) is 0 Å². The molecule has 3 N–H and O–H groups in total. The number of rotatable bonds is 2. The third-order valence-electron chi connectivity index (χ3n) is 3.23. The van der Waals surface area contributed by atoms with Gasteiger partial charge in [-0.2, -0.15) is 0 Å². The zero-order valence-electron chi connectivity index (χ0n) is 10.3. The van der Waals surface area contributed by atoms with Crippen molar-refractivity contribution in [2.75, 3.05) is 13.1 Å². The third-order valence-corrected chi connectivity index (χ3v) is 3.23. The number of aromatic nitrogens is 3. The molecule has 0 radical (unpaired) electrons. The first-order valence-corrected chi connectivity index (χ1v) is 6.23. The van der Waals surface area contributed by atoms with Crippen LogP contribution in [-0.2, 0) is 0 Å². The number of amides is 1. The van der Waals surface area contributed by atoms with Crippen molar-refractivity contribution >= 4 is 11.7 Å². The Hall–Kier alpha value is -1.99. The van der Waals surface area contributed by atoms with E-state index in [1.54, 1.807) is 29.1 Å². The third kappa shape index (κ3) is 2.42. The molecule has 100 valence electrons. The second kappa shape index (κ2) is 4.94. The fraction of sp³-hybridized carbons (Fsp3) is 0.417. The molecule has 1 fully saturated rings. The van der Waals surface area contributed by atoms with Crippen molar-refractivity contribution in [2.45, 2.75) is 18.6 Å². The van der Waals surface area contributed by atoms with Crippen LogP contribution < -0.4 is 10.6 Å². The molecule has 0 aliphatic carbocycles. The standard InChI is InChI=1S/C12H15N5O2/c18-10-6-13-4-2-8(10)15-11(19)9-7-17-5-1-3-14-12(17)16-9/h1,3,5,7-8,10,13,18H,2,4,6H2,(H,15,19)/t8-,10-/m1/s1. The number of aliphatic hydroxyl groups excluding tert-OH is 1. The largest absolute Gasteiger partial charge is 0.390 e. The highest BCUT2D eigenvalue weighted by Crippen LogP contribution is 2.06. The highest BCUT2D eigenvalue weighted by Gasteiger charge is 2.25. The predicted molar refractivity (Wildman–Crippen MR) is 67.7 cm³/mol. The van der Waals surface area contributed by atoms with Gasteiger partial charge in [0.15, 0.2) is 0 Å². The van der Waals surface area contributed by atoms with Crippen molar-refractivity contribution in [1.82, 2.24) is 25.0 Å². The molecule has 1 aliphatic rings. The summed E-state index contributed by atoms with van der Waals surface area (Å²) in [6.45, 7) is 1.28. The lowest BCUT2D eigenvalue weighted by atomic mass is 10.0. The van der Waals surface area contributed by atoms with Gasteiger partial charge < -0.3 is 15.7 Å². The van der Waals surface area contributed by atoms with Gasteiger partial charge in [0.2, 0.25) is 5.78 Å². The van der Waals surface area contributed by atoms with Gasteiger partial charge in [0.25, 0.3) is 5.91 Å². The summed E-state index contributed by atoms with van der Waals surface area (Å²) in [5, 5.41) is 15.7. The number of carbonyl (C=O) groups is 1. The van der Waals surface area contributed by atoms with Crippen molar-refractivity contribution in [3.05, 3.63) is 30.4 Å². The van der Waals surface area contributed by atoms with Crippen molar-refractivity contribution in [2.24, 2.45) is 0 Å². The van der Waals surface area contributed by atoms with Crippen LogP contribution in [0, 0.1) is 0 Å². The van der Waals surface area contributed by atoms with Gasteiger partial charge in [-0.3, -0.25) is 9.20 Å².